The lowest BCUT2D eigenvalue weighted by Crippen LogP contribution is -2.39. The van der Waals surface area contributed by atoms with Gasteiger partial charge in [-0.05, 0) is 42.2 Å². The highest BCUT2D eigenvalue weighted by Crippen LogP contribution is 2.11. The van der Waals surface area contributed by atoms with E-state index in [1.165, 1.54) is 6.21 Å². The van der Waals surface area contributed by atoms with E-state index in [1.807, 2.05) is 38.1 Å². The van der Waals surface area contributed by atoms with Crippen LogP contribution in [0.25, 0.3) is 0 Å². The van der Waals surface area contributed by atoms with E-state index in [0.717, 1.165) is 24.2 Å². The summed E-state index contributed by atoms with van der Waals surface area (Å²) in [5.74, 6) is -0.377. The highest BCUT2D eigenvalue weighted by atomic mass is 16.5. The molecule has 0 saturated heterocycles. The van der Waals surface area contributed by atoms with Crippen molar-refractivity contribution in [3.05, 3.63) is 29.8 Å². The van der Waals surface area contributed by atoms with Crippen molar-refractivity contribution in [1.29, 1.82) is 0 Å². The standard InChI is InChI=1S/C17H25N3O3/c1-4-5-10-23-15-8-6-14(7-9-15)12-19-20-17(22)16(21)18-11-13(2)3/h6-9,12-13H,4-5,10-11H2,1-3H3,(H,18,21)(H,20,22)/b19-12+. The Morgan fingerprint density at radius 2 is 1.91 bits per heavy atom. The van der Waals surface area contributed by atoms with Crippen molar-refractivity contribution >= 4 is 18.0 Å². The SMILES string of the molecule is CCCCOc1ccc(/C=N/NC(=O)C(=O)NCC(C)C)cc1. The van der Waals surface area contributed by atoms with Gasteiger partial charge in [-0.1, -0.05) is 27.2 Å². The van der Waals surface area contributed by atoms with Crippen LogP contribution in [0.15, 0.2) is 29.4 Å². The average Bonchev–Trinajstić information content (AvgIpc) is 2.54. The molecule has 0 fully saturated rings. The van der Waals surface area contributed by atoms with Gasteiger partial charge in [0, 0.05) is 6.54 Å². The van der Waals surface area contributed by atoms with Gasteiger partial charge < -0.3 is 10.1 Å². The second-order valence-electron chi connectivity index (χ2n) is 5.57. The van der Waals surface area contributed by atoms with Crippen LogP contribution in [0.3, 0.4) is 0 Å². The summed E-state index contributed by atoms with van der Waals surface area (Å²) in [5, 5.41) is 6.29. The summed E-state index contributed by atoms with van der Waals surface area (Å²) in [6, 6.07) is 7.34. The molecule has 0 radical (unpaired) electrons. The Labute approximate surface area is 137 Å². The zero-order valence-corrected chi connectivity index (χ0v) is 14.0. The number of hydrazone groups is 1. The molecule has 0 atom stereocenters. The third kappa shape index (κ3) is 7.99. The molecular weight excluding hydrogens is 294 g/mol. The predicted molar refractivity (Wildman–Crippen MR) is 90.4 cm³/mol. The minimum absolute atomic E-state index is 0.285. The number of nitrogens with one attached hydrogen (secondary N) is 2. The highest BCUT2D eigenvalue weighted by molar-refractivity contribution is 6.35. The maximum Gasteiger partial charge on any atom is 0.329 e. The molecule has 1 rings (SSSR count). The summed E-state index contributed by atoms with van der Waals surface area (Å²) in [6.45, 7) is 7.17. The fourth-order valence-electron chi connectivity index (χ4n) is 1.58. The van der Waals surface area contributed by atoms with Crippen LogP contribution < -0.4 is 15.5 Å². The van der Waals surface area contributed by atoms with E-state index in [9.17, 15) is 9.59 Å². The molecule has 0 spiro atoms. The Morgan fingerprint density at radius 1 is 1.22 bits per heavy atom. The van der Waals surface area contributed by atoms with Crippen LogP contribution in [-0.4, -0.2) is 31.2 Å². The van der Waals surface area contributed by atoms with E-state index in [1.54, 1.807) is 0 Å². The maximum absolute atomic E-state index is 11.5. The summed E-state index contributed by atoms with van der Waals surface area (Å²) < 4.78 is 5.55. The molecule has 1 aromatic rings. The predicted octanol–water partition coefficient (Wildman–Crippen LogP) is 2.09. The van der Waals surface area contributed by atoms with Gasteiger partial charge in [-0.15, -0.1) is 0 Å². The van der Waals surface area contributed by atoms with Crippen LogP contribution in [0.5, 0.6) is 5.75 Å². The fourth-order valence-corrected chi connectivity index (χ4v) is 1.58. The number of carbonyl (C=O) groups excluding carboxylic acids is 2. The van der Waals surface area contributed by atoms with Crippen molar-refractivity contribution in [1.82, 2.24) is 10.7 Å². The third-order valence-electron chi connectivity index (χ3n) is 2.90. The molecule has 6 nitrogen and oxygen atoms in total. The zero-order valence-electron chi connectivity index (χ0n) is 14.0. The molecule has 2 amide bonds. The first-order valence-corrected chi connectivity index (χ1v) is 7.87. The molecule has 0 aromatic heterocycles. The van der Waals surface area contributed by atoms with E-state index in [0.29, 0.717) is 13.2 Å². The first kappa shape index (κ1) is 18.7. The Hall–Kier alpha value is -2.37. The summed E-state index contributed by atoms with van der Waals surface area (Å²) in [5.41, 5.74) is 3.00. The van der Waals surface area contributed by atoms with E-state index in [-0.39, 0.29) is 5.92 Å². The molecule has 126 valence electrons. The van der Waals surface area contributed by atoms with Crippen LogP contribution in [0.1, 0.15) is 39.2 Å². The number of amides is 2. The summed E-state index contributed by atoms with van der Waals surface area (Å²) >= 11 is 0. The smallest absolute Gasteiger partial charge is 0.329 e. The zero-order chi connectivity index (χ0) is 17.1. The fraction of sp³-hybridized carbons (Fsp3) is 0.471. The van der Waals surface area contributed by atoms with Gasteiger partial charge in [-0.3, -0.25) is 9.59 Å². The number of ether oxygens (including phenoxy) is 1. The minimum Gasteiger partial charge on any atom is -0.494 e. The molecule has 0 unspecified atom stereocenters. The second-order valence-corrected chi connectivity index (χ2v) is 5.57. The lowest BCUT2D eigenvalue weighted by molar-refractivity contribution is -0.139. The molecule has 2 N–H and O–H groups in total. The van der Waals surface area contributed by atoms with E-state index in [4.69, 9.17) is 4.74 Å². The molecule has 0 aliphatic rings. The molecule has 0 aliphatic carbocycles. The molecule has 1 aromatic carbocycles. The summed E-state index contributed by atoms with van der Waals surface area (Å²) in [7, 11) is 0. The van der Waals surface area contributed by atoms with Gasteiger partial charge in [0.2, 0.25) is 0 Å². The Bertz CT molecular complexity index is 524. The van der Waals surface area contributed by atoms with E-state index in [2.05, 4.69) is 22.8 Å². The first-order valence-electron chi connectivity index (χ1n) is 7.87. The number of rotatable bonds is 8. The topological polar surface area (TPSA) is 79.8 Å². The molecule has 23 heavy (non-hydrogen) atoms. The Balaban J connectivity index is 2.39. The van der Waals surface area contributed by atoms with Gasteiger partial charge in [0.1, 0.15) is 5.75 Å². The minimum atomic E-state index is -0.776. The lowest BCUT2D eigenvalue weighted by Gasteiger charge is -2.06. The van der Waals surface area contributed by atoms with E-state index >= 15 is 0 Å². The first-order chi connectivity index (χ1) is 11.0. The summed E-state index contributed by atoms with van der Waals surface area (Å²) in [4.78, 5) is 22.9. The van der Waals surface area contributed by atoms with Crippen molar-refractivity contribution in [2.24, 2.45) is 11.0 Å². The maximum atomic E-state index is 11.5. The third-order valence-corrected chi connectivity index (χ3v) is 2.90. The number of hydrogen-bond acceptors (Lipinski definition) is 4. The van der Waals surface area contributed by atoms with Crippen molar-refractivity contribution in [2.75, 3.05) is 13.2 Å². The number of carbonyl (C=O) groups is 2. The largest absolute Gasteiger partial charge is 0.494 e. The molecule has 6 heteroatoms. The van der Waals surface area contributed by atoms with Crippen LogP contribution in [0, 0.1) is 5.92 Å². The molecular formula is C17H25N3O3. The molecule has 0 heterocycles. The van der Waals surface area contributed by atoms with Gasteiger partial charge in [-0.2, -0.15) is 5.10 Å². The Kier molecular flexibility index (Phi) is 8.42. The van der Waals surface area contributed by atoms with Gasteiger partial charge in [0.25, 0.3) is 0 Å². The van der Waals surface area contributed by atoms with Crippen LogP contribution in [0.4, 0.5) is 0 Å². The van der Waals surface area contributed by atoms with Crippen molar-refractivity contribution in [3.63, 3.8) is 0 Å². The lowest BCUT2D eigenvalue weighted by atomic mass is 10.2. The van der Waals surface area contributed by atoms with Gasteiger partial charge in [-0.25, -0.2) is 5.43 Å². The van der Waals surface area contributed by atoms with Crippen molar-refractivity contribution in [3.8, 4) is 5.75 Å². The molecule has 0 saturated carbocycles. The number of nitrogens with zero attached hydrogens (tertiary/aromatic N) is 1. The average molecular weight is 319 g/mol. The molecule has 0 bridgehead atoms. The molecule has 0 aliphatic heterocycles. The van der Waals surface area contributed by atoms with Gasteiger partial charge in [0.15, 0.2) is 0 Å². The highest BCUT2D eigenvalue weighted by Gasteiger charge is 2.11. The van der Waals surface area contributed by atoms with E-state index < -0.39 is 11.8 Å². The summed E-state index contributed by atoms with van der Waals surface area (Å²) in [6.07, 6.45) is 3.59. The van der Waals surface area contributed by atoms with Gasteiger partial charge >= 0.3 is 11.8 Å². The second kappa shape index (κ2) is 10.4. The number of hydrogen-bond donors (Lipinski definition) is 2. The number of benzene rings is 1. The monoisotopic (exact) mass is 319 g/mol. The van der Waals surface area contributed by atoms with Crippen LogP contribution in [-0.2, 0) is 9.59 Å². The van der Waals surface area contributed by atoms with Crippen molar-refractivity contribution < 1.29 is 14.3 Å². The van der Waals surface area contributed by atoms with Crippen LogP contribution >= 0.6 is 0 Å². The van der Waals surface area contributed by atoms with Gasteiger partial charge in [0.05, 0.1) is 12.8 Å². The normalized spacial score (nSPS) is 10.8. The van der Waals surface area contributed by atoms with Crippen molar-refractivity contribution in [2.45, 2.75) is 33.6 Å². The Morgan fingerprint density at radius 3 is 2.52 bits per heavy atom. The quantitative estimate of drug-likeness (QED) is 0.333. The number of unbranched alkanes of at least 4 members (excludes halogenated alkanes) is 1. The van der Waals surface area contributed by atoms with Crippen LogP contribution in [0.2, 0.25) is 0 Å².